The molecule has 0 aliphatic rings. The first-order valence-electron chi connectivity index (χ1n) is 5.81. The summed E-state index contributed by atoms with van der Waals surface area (Å²) in [4.78, 5) is 12.1. The number of halogens is 1. The first kappa shape index (κ1) is 15.3. The Labute approximate surface area is 127 Å². The van der Waals surface area contributed by atoms with Gasteiger partial charge in [-0.1, -0.05) is 29.8 Å². The SMILES string of the molecule is NS(=O)(=O)Nc1cccc(NC(=O)c2ccccc2Cl)c1. The molecule has 2 aromatic carbocycles. The molecule has 0 spiro atoms. The number of benzene rings is 2. The van der Waals surface area contributed by atoms with Gasteiger partial charge in [-0.05, 0) is 30.3 Å². The summed E-state index contributed by atoms with van der Waals surface area (Å²) in [6.45, 7) is 0. The summed E-state index contributed by atoms with van der Waals surface area (Å²) < 4.78 is 24.0. The second kappa shape index (κ2) is 6.13. The van der Waals surface area contributed by atoms with Crippen LogP contribution in [0.3, 0.4) is 0 Å². The molecule has 0 fully saturated rings. The van der Waals surface area contributed by atoms with Crippen LogP contribution in [0.15, 0.2) is 48.5 Å². The van der Waals surface area contributed by atoms with Gasteiger partial charge in [0.05, 0.1) is 16.3 Å². The number of nitrogens with one attached hydrogen (secondary N) is 2. The Balaban J connectivity index is 2.19. The zero-order valence-corrected chi connectivity index (χ0v) is 12.3. The van der Waals surface area contributed by atoms with Crippen molar-refractivity contribution < 1.29 is 13.2 Å². The first-order valence-corrected chi connectivity index (χ1v) is 7.74. The van der Waals surface area contributed by atoms with Crippen molar-refractivity contribution in [3.8, 4) is 0 Å². The van der Waals surface area contributed by atoms with Gasteiger partial charge >= 0.3 is 0 Å². The molecule has 1 amide bonds. The summed E-state index contributed by atoms with van der Waals surface area (Å²) >= 11 is 5.93. The van der Waals surface area contributed by atoms with Crippen LogP contribution in [0.2, 0.25) is 5.02 Å². The van der Waals surface area contributed by atoms with E-state index in [0.717, 1.165) is 0 Å². The molecule has 0 radical (unpaired) electrons. The molecule has 0 heterocycles. The van der Waals surface area contributed by atoms with Crippen LogP contribution in [-0.4, -0.2) is 14.3 Å². The predicted molar refractivity (Wildman–Crippen MR) is 82.6 cm³/mol. The van der Waals surface area contributed by atoms with Crippen LogP contribution in [0.25, 0.3) is 0 Å². The van der Waals surface area contributed by atoms with Crippen molar-refractivity contribution in [2.45, 2.75) is 0 Å². The van der Waals surface area contributed by atoms with Gasteiger partial charge in [0.25, 0.3) is 16.1 Å². The fraction of sp³-hybridized carbons (Fsp3) is 0. The van der Waals surface area contributed by atoms with Crippen molar-refractivity contribution >= 4 is 39.1 Å². The van der Waals surface area contributed by atoms with Crippen molar-refractivity contribution in [2.75, 3.05) is 10.0 Å². The minimum Gasteiger partial charge on any atom is -0.322 e. The Morgan fingerprint density at radius 3 is 2.38 bits per heavy atom. The number of amides is 1. The van der Waals surface area contributed by atoms with Crippen LogP contribution in [0.1, 0.15) is 10.4 Å². The Morgan fingerprint density at radius 1 is 1.05 bits per heavy atom. The number of carbonyl (C=O) groups is 1. The Hall–Kier alpha value is -2.09. The quantitative estimate of drug-likeness (QED) is 0.803. The minimum absolute atomic E-state index is 0.245. The van der Waals surface area contributed by atoms with Gasteiger partial charge in [-0.15, -0.1) is 0 Å². The van der Waals surface area contributed by atoms with Gasteiger partial charge in [-0.3, -0.25) is 9.52 Å². The van der Waals surface area contributed by atoms with E-state index in [1.165, 1.54) is 12.1 Å². The molecule has 0 saturated heterocycles. The highest BCUT2D eigenvalue weighted by molar-refractivity contribution is 7.90. The van der Waals surface area contributed by atoms with Crippen molar-refractivity contribution in [2.24, 2.45) is 5.14 Å². The van der Waals surface area contributed by atoms with Crippen molar-refractivity contribution in [3.05, 3.63) is 59.1 Å². The van der Waals surface area contributed by atoms with E-state index in [0.29, 0.717) is 16.3 Å². The Morgan fingerprint density at radius 2 is 1.71 bits per heavy atom. The maximum Gasteiger partial charge on any atom is 0.296 e. The van der Waals surface area contributed by atoms with Gasteiger partial charge < -0.3 is 5.32 Å². The summed E-state index contributed by atoms with van der Waals surface area (Å²) in [5.74, 6) is -0.395. The van der Waals surface area contributed by atoms with Crippen LogP contribution in [0.5, 0.6) is 0 Å². The highest BCUT2D eigenvalue weighted by Crippen LogP contribution is 2.19. The van der Waals surface area contributed by atoms with E-state index in [2.05, 4.69) is 10.0 Å². The monoisotopic (exact) mass is 325 g/mol. The first-order chi connectivity index (χ1) is 9.85. The fourth-order valence-electron chi connectivity index (χ4n) is 1.67. The summed E-state index contributed by atoms with van der Waals surface area (Å²) in [6.07, 6.45) is 0. The van der Waals surface area contributed by atoms with E-state index in [1.807, 2.05) is 0 Å². The van der Waals surface area contributed by atoms with Crippen molar-refractivity contribution in [1.82, 2.24) is 0 Å². The van der Waals surface area contributed by atoms with E-state index in [1.54, 1.807) is 36.4 Å². The Bertz CT molecular complexity index is 778. The molecule has 2 rings (SSSR count). The average molecular weight is 326 g/mol. The molecule has 110 valence electrons. The van der Waals surface area contributed by atoms with E-state index in [9.17, 15) is 13.2 Å². The van der Waals surface area contributed by atoms with Gasteiger partial charge in [-0.2, -0.15) is 8.42 Å². The number of anilines is 2. The lowest BCUT2D eigenvalue weighted by atomic mass is 10.2. The van der Waals surface area contributed by atoms with Crippen LogP contribution < -0.4 is 15.2 Å². The fourth-order valence-corrected chi connectivity index (χ4v) is 2.35. The van der Waals surface area contributed by atoms with Crippen LogP contribution in [0, 0.1) is 0 Å². The largest absolute Gasteiger partial charge is 0.322 e. The second-order valence-corrected chi connectivity index (χ2v) is 5.86. The molecule has 6 nitrogen and oxygen atoms in total. The molecule has 0 aliphatic heterocycles. The zero-order chi connectivity index (χ0) is 15.5. The summed E-state index contributed by atoms with van der Waals surface area (Å²) in [5, 5.41) is 7.84. The molecule has 0 saturated carbocycles. The molecule has 21 heavy (non-hydrogen) atoms. The lowest BCUT2D eigenvalue weighted by Gasteiger charge is -2.09. The van der Waals surface area contributed by atoms with E-state index in [-0.39, 0.29) is 5.69 Å². The maximum absolute atomic E-state index is 12.1. The molecule has 0 atom stereocenters. The van der Waals surface area contributed by atoms with Crippen molar-refractivity contribution in [3.63, 3.8) is 0 Å². The standard InChI is InChI=1S/C13H12ClN3O3S/c14-12-7-2-1-6-11(12)13(18)16-9-4-3-5-10(8-9)17-21(15,19)20/h1-8,17H,(H,16,18)(H2,15,19,20). The Kier molecular flexibility index (Phi) is 4.46. The van der Waals surface area contributed by atoms with E-state index >= 15 is 0 Å². The summed E-state index contributed by atoms with van der Waals surface area (Å²) in [5.41, 5.74) is 0.979. The van der Waals surface area contributed by atoms with E-state index in [4.69, 9.17) is 16.7 Å². The van der Waals surface area contributed by atoms with Gasteiger partial charge in [0.15, 0.2) is 0 Å². The summed E-state index contributed by atoms with van der Waals surface area (Å²) in [6, 6.07) is 12.8. The molecule has 0 aromatic heterocycles. The van der Waals surface area contributed by atoms with Crippen molar-refractivity contribution in [1.29, 1.82) is 0 Å². The number of rotatable bonds is 4. The molecule has 0 unspecified atom stereocenters. The smallest absolute Gasteiger partial charge is 0.296 e. The third-order valence-corrected chi connectivity index (χ3v) is 3.35. The molecule has 8 heteroatoms. The van der Waals surface area contributed by atoms with Gasteiger partial charge in [0.2, 0.25) is 0 Å². The number of carbonyl (C=O) groups excluding carboxylic acids is 1. The molecular weight excluding hydrogens is 314 g/mol. The van der Waals surface area contributed by atoms with Gasteiger partial charge in [-0.25, -0.2) is 5.14 Å². The highest BCUT2D eigenvalue weighted by Gasteiger charge is 2.10. The predicted octanol–water partition coefficient (Wildman–Crippen LogP) is 2.21. The third-order valence-electron chi connectivity index (χ3n) is 2.50. The van der Waals surface area contributed by atoms with Crippen LogP contribution in [0.4, 0.5) is 11.4 Å². The number of hydrogen-bond acceptors (Lipinski definition) is 3. The molecular formula is C13H12ClN3O3S. The normalized spacial score (nSPS) is 11.0. The van der Waals surface area contributed by atoms with E-state index < -0.39 is 16.1 Å². The maximum atomic E-state index is 12.1. The summed E-state index contributed by atoms with van der Waals surface area (Å²) in [7, 11) is -3.87. The molecule has 2 aromatic rings. The molecule has 0 aliphatic carbocycles. The van der Waals surface area contributed by atoms with Crippen LogP contribution >= 0.6 is 11.6 Å². The van der Waals surface area contributed by atoms with Gasteiger partial charge in [0.1, 0.15) is 0 Å². The molecule has 0 bridgehead atoms. The topological polar surface area (TPSA) is 101 Å². The third kappa shape index (κ3) is 4.45. The number of nitrogens with two attached hydrogens (primary N) is 1. The zero-order valence-electron chi connectivity index (χ0n) is 10.7. The second-order valence-electron chi connectivity index (χ2n) is 4.16. The highest BCUT2D eigenvalue weighted by atomic mass is 35.5. The van der Waals surface area contributed by atoms with Gasteiger partial charge in [0, 0.05) is 5.69 Å². The van der Waals surface area contributed by atoms with Crippen LogP contribution in [-0.2, 0) is 10.2 Å². The number of hydrogen-bond donors (Lipinski definition) is 3. The average Bonchev–Trinajstić information content (AvgIpc) is 2.37. The molecule has 4 N–H and O–H groups in total. The minimum atomic E-state index is -3.87. The lowest BCUT2D eigenvalue weighted by molar-refractivity contribution is 0.102. The lowest BCUT2D eigenvalue weighted by Crippen LogP contribution is -2.21.